The van der Waals surface area contributed by atoms with Gasteiger partial charge in [-0.15, -0.1) is 0 Å². The van der Waals surface area contributed by atoms with Crippen molar-refractivity contribution in [3.05, 3.63) is 59.7 Å². The summed E-state index contributed by atoms with van der Waals surface area (Å²) in [5.41, 5.74) is 3.07. The third-order valence-electron chi connectivity index (χ3n) is 4.96. The first-order valence-corrected chi connectivity index (χ1v) is 10.0. The second-order valence-electron chi connectivity index (χ2n) is 7.57. The van der Waals surface area contributed by atoms with Crippen LogP contribution in [-0.4, -0.2) is 24.3 Å². The maximum Gasteiger partial charge on any atom is 0.251 e. The molecule has 29 heavy (non-hydrogen) atoms. The fourth-order valence-corrected chi connectivity index (χ4v) is 3.15. The Balaban J connectivity index is 1.54. The van der Waals surface area contributed by atoms with Gasteiger partial charge in [-0.2, -0.15) is 0 Å². The van der Waals surface area contributed by atoms with Crippen LogP contribution in [0.1, 0.15) is 49.0 Å². The molecule has 2 N–H and O–H groups in total. The molecule has 6 nitrogen and oxygen atoms in total. The van der Waals surface area contributed by atoms with Crippen LogP contribution in [0.25, 0.3) is 0 Å². The summed E-state index contributed by atoms with van der Waals surface area (Å²) in [5, 5.41) is 5.74. The highest BCUT2D eigenvalue weighted by molar-refractivity contribution is 5.97. The van der Waals surface area contributed by atoms with Crippen molar-refractivity contribution in [2.24, 2.45) is 5.92 Å². The van der Waals surface area contributed by atoms with Gasteiger partial charge in [0.05, 0.1) is 0 Å². The number of hydrogen-bond donors (Lipinski definition) is 2. The summed E-state index contributed by atoms with van der Waals surface area (Å²) in [7, 11) is 0. The van der Waals surface area contributed by atoms with Gasteiger partial charge in [-0.3, -0.25) is 14.4 Å². The fraction of sp³-hybridized carbons (Fsp3) is 0.348. The minimum atomic E-state index is -0.168. The van der Waals surface area contributed by atoms with Crippen molar-refractivity contribution in [3.8, 4) is 0 Å². The molecule has 1 fully saturated rings. The predicted octanol–water partition coefficient (Wildman–Crippen LogP) is 3.73. The van der Waals surface area contributed by atoms with Crippen LogP contribution >= 0.6 is 0 Å². The average Bonchev–Trinajstić information content (AvgIpc) is 2.73. The SMILES string of the molecule is CC(C)C(=O)Nc1ccc(CNC(=O)c2ccc(N3CCCCC3=O)cc2)cc1. The van der Waals surface area contributed by atoms with Crippen LogP contribution in [0.5, 0.6) is 0 Å². The number of piperidine rings is 1. The molecule has 0 aromatic heterocycles. The molecule has 0 unspecified atom stereocenters. The molecule has 0 bridgehead atoms. The average molecular weight is 393 g/mol. The summed E-state index contributed by atoms with van der Waals surface area (Å²) in [6.45, 7) is 4.81. The van der Waals surface area contributed by atoms with Gasteiger partial charge in [0.25, 0.3) is 5.91 Å². The van der Waals surface area contributed by atoms with Gasteiger partial charge >= 0.3 is 0 Å². The minimum Gasteiger partial charge on any atom is -0.348 e. The first kappa shape index (κ1) is 20.6. The van der Waals surface area contributed by atoms with E-state index in [1.54, 1.807) is 17.0 Å². The van der Waals surface area contributed by atoms with Crippen molar-refractivity contribution in [2.75, 3.05) is 16.8 Å². The van der Waals surface area contributed by atoms with Crippen LogP contribution in [-0.2, 0) is 16.1 Å². The van der Waals surface area contributed by atoms with E-state index >= 15 is 0 Å². The van der Waals surface area contributed by atoms with Gasteiger partial charge in [-0.1, -0.05) is 26.0 Å². The molecule has 1 saturated heterocycles. The summed E-state index contributed by atoms with van der Waals surface area (Å²) in [4.78, 5) is 37.9. The smallest absolute Gasteiger partial charge is 0.251 e. The number of nitrogens with zero attached hydrogens (tertiary/aromatic N) is 1. The van der Waals surface area contributed by atoms with Gasteiger partial charge in [0.15, 0.2) is 0 Å². The number of rotatable bonds is 6. The van der Waals surface area contributed by atoms with Gasteiger partial charge in [-0.25, -0.2) is 0 Å². The highest BCUT2D eigenvalue weighted by atomic mass is 16.2. The van der Waals surface area contributed by atoms with Crippen LogP contribution in [0.2, 0.25) is 0 Å². The third-order valence-corrected chi connectivity index (χ3v) is 4.96. The molecule has 0 radical (unpaired) electrons. The van der Waals surface area contributed by atoms with Crippen LogP contribution < -0.4 is 15.5 Å². The Labute approximate surface area is 171 Å². The van der Waals surface area contributed by atoms with Gasteiger partial charge < -0.3 is 15.5 Å². The van der Waals surface area contributed by atoms with E-state index in [1.165, 1.54) is 0 Å². The van der Waals surface area contributed by atoms with Crippen molar-refractivity contribution in [1.29, 1.82) is 0 Å². The van der Waals surface area contributed by atoms with Crippen molar-refractivity contribution in [2.45, 2.75) is 39.7 Å². The summed E-state index contributed by atoms with van der Waals surface area (Å²) in [6.07, 6.45) is 2.54. The predicted molar refractivity (Wildman–Crippen MR) is 114 cm³/mol. The molecule has 0 atom stereocenters. The van der Waals surface area contributed by atoms with E-state index in [1.807, 2.05) is 50.2 Å². The highest BCUT2D eigenvalue weighted by Gasteiger charge is 2.19. The zero-order valence-electron chi connectivity index (χ0n) is 16.9. The molecule has 1 aliphatic rings. The van der Waals surface area contributed by atoms with Gasteiger partial charge in [0.2, 0.25) is 11.8 Å². The van der Waals surface area contributed by atoms with E-state index < -0.39 is 0 Å². The molecule has 0 aliphatic carbocycles. The summed E-state index contributed by atoms with van der Waals surface area (Å²) in [6, 6.07) is 14.5. The molecule has 1 heterocycles. The second-order valence-corrected chi connectivity index (χ2v) is 7.57. The molecule has 1 aliphatic heterocycles. The molecule has 3 rings (SSSR count). The van der Waals surface area contributed by atoms with E-state index in [-0.39, 0.29) is 23.6 Å². The van der Waals surface area contributed by atoms with E-state index in [0.29, 0.717) is 18.5 Å². The second kappa shape index (κ2) is 9.37. The Morgan fingerprint density at radius 3 is 2.31 bits per heavy atom. The largest absolute Gasteiger partial charge is 0.348 e. The Hall–Kier alpha value is -3.15. The number of amides is 3. The van der Waals surface area contributed by atoms with Crippen LogP contribution in [0.15, 0.2) is 48.5 Å². The molecule has 2 aromatic rings. The molecular weight excluding hydrogens is 366 g/mol. The number of carbonyl (C=O) groups excluding carboxylic acids is 3. The Bertz CT molecular complexity index is 873. The van der Waals surface area contributed by atoms with Crippen molar-refractivity contribution in [3.63, 3.8) is 0 Å². The van der Waals surface area contributed by atoms with Gasteiger partial charge in [0, 0.05) is 42.4 Å². The van der Waals surface area contributed by atoms with E-state index in [0.717, 1.165) is 36.3 Å². The first-order chi connectivity index (χ1) is 13.9. The lowest BCUT2D eigenvalue weighted by Gasteiger charge is -2.26. The van der Waals surface area contributed by atoms with E-state index in [9.17, 15) is 14.4 Å². The number of benzene rings is 2. The lowest BCUT2D eigenvalue weighted by atomic mass is 10.1. The van der Waals surface area contributed by atoms with Gasteiger partial charge in [-0.05, 0) is 54.8 Å². The molecule has 152 valence electrons. The minimum absolute atomic E-state index is 0.0271. The fourth-order valence-electron chi connectivity index (χ4n) is 3.15. The van der Waals surface area contributed by atoms with Crippen LogP contribution in [0, 0.1) is 5.92 Å². The summed E-state index contributed by atoms with van der Waals surface area (Å²) < 4.78 is 0. The van der Waals surface area contributed by atoms with E-state index in [2.05, 4.69) is 10.6 Å². The summed E-state index contributed by atoms with van der Waals surface area (Å²) >= 11 is 0. The van der Waals surface area contributed by atoms with Gasteiger partial charge in [0.1, 0.15) is 0 Å². The normalized spacial score (nSPS) is 14.0. The molecule has 3 amide bonds. The molecular formula is C23H27N3O3. The maximum absolute atomic E-state index is 12.4. The monoisotopic (exact) mass is 393 g/mol. The van der Waals surface area contributed by atoms with Crippen LogP contribution in [0.3, 0.4) is 0 Å². The molecule has 0 saturated carbocycles. The number of carbonyl (C=O) groups is 3. The van der Waals surface area contributed by atoms with Crippen LogP contribution in [0.4, 0.5) is 11.4 Å². The lowest BCUT2D eigenvalue weighted by molar-refractivity contribution is -0.120. The van der Waals surface area contributed by atoms with Crippen molar-refractivity contribution >= 4 is 29.1 Å². The molecule has 2 aromatic carbocycles. The van der Waals surface area contributed by atoms with E-state index in [4.69, 9.17) is 0 Å². The highest BCUT2D eigenvalue weighted by Crippen LogP contribution is 2.21. The molecule has 6 heteroatoms. The number of hydrogen-bond acceptors (Lipinski definition) is 3. The first-order valence-electron chi connectivity index (χ1n) is 10.0. The zero-order chi connectivity index (χ0) is 20.8. The Kier molecular flexibility index (Phi) is 6.65. The quantitative estimate of drug-likeness (QED) is 0.785. The summed E-state index contributed by atoms with van der Waals surface area (Å²) in [5.74, 6) is -0.130. The topological polar surface area (TPSA) is 78.5 Å². The molecule has 0 spiro atoms. The van der Waals surface area contributed by atoms with Crippen molar-refractivity contribution in [1.82, 2.24) is 5.32 Å². The Morgan fingerprint density at radius 2 is 1.69 bits per heavy atom. The maximum atomic E-state index is 12.4. The number of nitrogens with one attached hydrogen (secondary N) is 2. The number of anilines is 2. The standard InChI is InChI=1S/C23H27N3O3/c1-16(2)22(28)25-19-10-6-17(7-11-19)15-24-23(29)18-8-12-20(13-9-18)26-14-4-3-5-21(26)27/h6-13,16H,3-5,14-15H2,1-2H3,(H,24,29)(H,25,28). The Morgan fingerprint density at radius 1 is 1.00 bits per heavy atom. The lowest BCUT2D eigenvalue weighted by Crippen LogP contribution is -2.35. The van der Waals surface area contributed by atoms with Crippen molar-refractivity contribution < 1.29 is 14.4 Å². The third kappa shape index (κ3) is 5.44. The zero-order valence-corrected chi connectivity index (χ0v) is 16.9.